The summed E-state index contributed by atoms with van der Waals surface area (Å²) < 4.78 is 16.5. The molecule has 15 heavy (non-hydrogen) atoms. The maximum atomic E-state index is 8.67. The van der Waals surface area contributed by atoms with Gasteiger partial charge >= 0.3 is 0 Å². The first-order valence-electron chi connectivity index (χ1n) is 4.85. The van der Waals surface area contributed by atoms with Crippen molar-refractivity contribution in [2.24, 2.45) is 5.73 Å². The maximum absolute atomic E-state index is 8.67. The molecule has 0 amide bonds. The molecule has 0 saturated carbocycles. The number of aliphatic hydroxyl groups is 1. The van der Waals surface area contributed by atoms with Gasteiger partial charge in [-0.1, -0.05) is 0 Å². The second kappa shape index (κ2) is 3.43. The summed E-state index contributed by atoms with van der Waals surface area (Å²) in [5.74, 6) is 0.530. The molecule has 0 unspecified atom stereocenters. The van der Waals surface area contributed by atoms with Gasteiger partial charge in [-0.05, 0) is 0 Å². The number of fused-ring (bicyclic) bond motifs is 1. The Kier molecular flexibility index (Phi) is 2.36. The molecule has 84 valence electrons. The number of allylic oxidation sites excluding steroid dienone is 1. The van der Waals surface area contributed by atoms with Crippen LogP contribution in [0.5, 0.6) is 0 Å². The Balaban J connectivity index is 2.11. The molecule has 1 atom stereocenters. The lowest BCUT2D eigenvalue weighted by Gasteiger charge is -2.17. The van der Waals surface area contributed by atoms with Crippen molar-refractivity contribution in [3.8, 4) is 0 Å². The van der Waals surface area contributed by atoms with Crippen molar-refractivity contribution in [1.29, 1.82) is 0 Å². The van der Waals surface area contributed by atoms with Gasteiger partial charge in [0.25, 0.3) is 0 Å². The number of rotatable bonds is 3. The Morgan fingerprint density at radius 2 is 2.33 bits per heavy atom. The van der Waals surface area contributed by atoms with Crippen LogP contribution in [0, 0.1) is 0 Å². The molecule has 2 aliphatic rings. The molecular formula is C10H15NO4. The molecule has 1 saturated heterocycles. The molecule has 0 aromatic heterocycles. The van der Waals surface area contributed by atoms with Gasteiger partial charge in [0, 0.05) is 19.9 Å². The highest BCUT2D eigenvalue weighted by atomic mass is 16.8. The minimum Gasteiger partial charge on any atom is -0.492 e. The summed E-state index contributed by atoms with van der Waals surface area (Å²) in [7, 11) is 0. The van der Waals surface area contributed by atoms with Crippen LogP contribution in [0.4, 0.5) is 0 Å². The molecule has 1 aliphatic heterocycles. The van der Waals surface area contributed by atoms with Crippen molar-refractivity contribution in [3.63, 3.8) is 0 Å². The first-order valence-corrected chi connectivity index (χ1v) is 4.85. The lowest BCUT2D eigenvalue weighted by Crippen LogP contribution is -2.23. The van der Waals surface area contributed by atoms with Crippen LogP contribution in [0.25, 0.3) is 0 Å². The average Bonchev–Trinajstić information content (AvgIpc) is 2.60. The molecule has 0 bridgehead atoms. The standard InChI is InChI=1S/C10H15NO4/c1-10(2)14-8-6(11)5-7(9(8)15-10)13-4-3-12/h5,9,12H,3-4,11H2,1-2H3/t9-/m1/s1. The van der Waals surface area contributed by atoms with Gasteiger partial charge in [0.1, 0.15) is 12.4 Å². The monoisotopic (exact) mass is 213 g/mol. The van der Waals surface area contributed by atoms with Crippen LogP contribution < -0.4 is 5.73 Å². The Bertz CT molecular complexity index is 332. The summed E-state index contributed by atoms with van der Waals surface area (Å²) in [5.41, 5.74) is 6.29. The second-order valence-electron chi connectivity index (χ2n) is 3.94. The zero-order valence-corrected chi connectivity index (χ0v) is 8.82. The number of hydrogen-bond donors (Lipinski definition) is 2. The molecule has 5 nitrogen and oxygen atoms in total. The first kappa shape index (κ1) is 10.3. The summed E-state index contributed by atoms with van der Waals surface area (Å²) in [6.45, 7) is 3.82. The van der Waals surface area contributed by atoms with Crippen molar-refractivity contribution in [2.45, 2.75) is 25.7 Å². The van der Waals surface area contributed by atoms with Gasteiger partial charge in [-0.25, -0.2) is 0 Å². The van der Waals surface area contributed by atoms with Crippen molar-refractivity contribution in [2.75, 3.05) is 13.2 Å². The molecule has 0 radical (unpaired) electrons. The van der Waals surface area contributed by atoms with E-state index >= 15 is 0 Å². The maximum Gasteiger partial charge on any atom is 0.205 e. The van der Waals surface area contributed by atoms with Gasteiger partial charge in [-0.15, -0.1) is 0 Å². The Morgan fingerprint density at radius 3 is 3.00 bits per heavy atom. The van der Waals surface area contributed by atoms with E-state index < -0.39 is 5.79 Å². The van der Waals surface area contributed by atoms with Crippen LogP contribution >= 0.6 is 0 Å². The highest BCUT2D eigenvalue weighted by Gasteiger charge is 2.45. The molecule has 1 aliphatic carbocycles. The number of nitrogens with two attached hydrogens (primary N) is 1. The van der Waals surface area contributed by atoms with Crippen LogP contribution in [0.3, 0.4) is 0 Å². The van der Waals surface area contributed by atoms with Crippen molar-refractivity contribution in [1.82, 2.24) is 0 Å². The van der Waals surface area contributed by atoms with E-state index in [2.05, 4.69) is 0 Å². The van der Waals surface area contributed by atoms with Crippen molar-refractivity contribution >= 4 is 0 Å². The van der Waals surface area contributed by atoms with Crippen LogP contribution in [0.1, 0.15) is 13.8 Å². The Hall–Kier alpha value is -1.20. The summed E-state index contributed by atoms with van der Waals surface area (Å²) in [6.07, 6.45) is 1.32. The van der Waals surface area contributed by atoms with Crippen LogP contribution in [-0.2, 0) is 14.2 Å². The summed E-state index contributed by atoms with van der Waals surface area (Å²) in [4.78, 5) is 0. The van der Waals surface area contributed by atoms with Gasteiger partial charge in [-0.2, -0.15) is 0 Å². The molecule has 5 heteroatoms. The fourth-order valence-electron chi connectivity index (χ4n) is 1.66. The van der Waals surface area contributed by atoms with Crippen molar-refractivity contribution in [3.05, 3.63) is 23.3 Å². The lowest BCUT2D eigenvalue weighted by molar-refractivity contribution is -0.134. The molecule has 0 aromatic carbocycles. The smallest absolute Gasteiger partial charge is 0.205 e. The highest BCUT2D eigenvalue weighted by Crippen LogP contribution is 2.39. The first-order chi connectivity index (χ1) is 7.03. The SMILES string of the molecule is CC1(C)OC2=C(N)C=C(OCCO)[C@H]2O1. The van der Waals surface area contributed by atoms with E-state index in [0.29, 0.717) is 17.2 Å². The topological polar surface area (TPSA) is 73.9 Å². The fraction of sp³-hybridized carbons (Fsp3) is 0.600. The van der Waals surface area contributed by atoms with Crippen molar-refractivity contribution < 1.29 is 19.3 Å². The number of hydrogen-bond acceptors (Lipinski definition) is 5. The quantitative estimate of drug-likeness (QED) is 0.701. The largest absolute Gasteiger partial charge is 0.492 e. The highest BCUT2D eigenvalue weighted by molar-refractivity contribution is 5.38. The molecule has 1 heterocycles. The van der Waals surface area contributed by atoms with E-state index in [1.807, 2.05) is 13.8 Å². The van der Waals surface area contributed by atoms with E-state index in [9.17, 15) is 0 Å². The van der Waals surface area contributed by atoms with E-state index in [1.54, 1.807) is 6.08 Å². The van der Waals surface area contributed by atoms with Crippen LogP contribution in [0.15, 0.2) is 23.3 Å². The minimum absolute atomic E-state index is 0.0381. The van der Waals surface area contributed by atoms with Crippen LogP contribution in [0.2, 0.25) is 0 Å². The van der Waals surface area contributed by atoms with E-state index in [0.717, 1.165) is 0 Å². The van der Waals surface area contributed by atoms with Gasteiger partial charge in [-0.3, -0.25) is 0 Å². The normalized spacial score (nSPS) is 27.4. The predicted octanol–water partition coefficient (Wildman–Crippen LogP) is 0.215. The summed E-state index contributed by atoms with van der Waals surface area (Å²) in [5, 5.41) is 8.67. The van der Waals surface area contributed by atoms with Gasteiger partial charge in [0.15, 0.2) is 11.9 Å². The third-order valence-electron chi connectivity index (χ3n) is 2.20. The zero-order chi connectivity index (χ0) is 11.1. The Morgan fingerprint density at radius 1 is 1.60 bits per heavy atom. The van der Waals surface area contributed by atoms with Crippen LogP contribution in [-0.4, -0.2) is 30.2 Å². The minimum atomic E-state index is -0.674. The molecule has 0 spiro atoms. The summed E-state index contributed by atoms with van der Waals surface area (Å²) >= 11 is 0. The molecule has 1 fully saturated rings. The molecule has 3 N–H and O–H groups in total. The number of ether oxygens (including phenoxy) is 3. The second-order valence-corrected chi connectivity index (χ2v) is 3.94. The third-order valence-corrected chi connectivity index (χ3v) is 2.20. The molecule has 0 aromatic rings. The fourth-order valence-corrected chi connectivity index (χ4v) is 1.66. The van der Waals surface area contributed by atoms with Gasteiger partial charge in [0.2, 0.25) is 5.79 Å². The lowest BCUT2D eigenvalue weighted by atomic mass is 10.3. The average molecular weight is 213 g/mol. The molecular weight excluding hydrogens is 198 g/mol. The number of aliphatic hydroxyl groups excluding tert-OH is 1. The Labute approximate surface area is 88.1 Å². The van der Waals surface area contributed by atoms with Gasteiger partial charge < -0.3 is 25.1 Å². The predicted molar refractivity (Wildman–Crippen MR) is 52.4 cm³/mol. The van der Waals surface area contributed by atoms with Gasteiger partial charge in [0.05, 0.1) is 12.3 Å². The molecule has 2 rings (SSSR count). The zero-order valence-electron chi connectivity index (χ0n) is 8.82. The van der Waals surface area contributed by atoms with E-state index in [1.165, 1.54) is 0 Å². The van der Waals surface area contributed by atoms with E-state index in [4.69, 9.17) is 25.1 Å². The summed E-state index contributed by atoms with van der Waals surface area (Å²) in [6, 6.07) is 0. The third kappa shape index (κ3) is 1.80. The van der Waals surface area contributed by atoms with E-state index in [-0.39, 0.29) is 19.3 Å².